The molecular weight excluding hydrogens is 347 g/mol. The number of ether oxygens (including phenoxy) is 2. The molecule has 142 valence electrons. The number of hydrogen-bond acceptors (Lipinski definition) is 4. The molecular formula is C19H22F3NO3. The first-order valence-electron chi connectivity index (χ1n) is 9.13. The van der Waals surface area contributed by atoms with Gasteiger partial charge in [0.1, 0.15) is 0 Å². The van der Waals surface area contributed by atoms with Gasteiger partial charge in [-0.2, -0.15) is 13.2 Å². The fraction of sp³-hybridized carbons (Fsp3) is 0.632. The highest BCUT2D eigenvalue weighted by atomic mass is 19.4. The molecule has 2 bridgehead atoms. The van der Waals surface area contributed by atoms with Crippen LogP contribution in [0.4, 0.5) is 13.2 Å². The van der Waals surface area contributed by atoms with Crippen LogP contribution in [-0.2, 0) is 16.6 Å². The fourth-order valence-corrected chi connectivity index (χ4v) is 5.40. The highest BCUT2D eigenvalue weighted by Gasteiger charge is 2.53. The van der Waals surface area contributed by atoms with Crippen LogP contribution < -0.4 is 14.8 Å². The summed E-state index contributed by atoms with van der Waals surface area (Å²) < 4.78 is 42.8. The van der Waals surface area contributed by atoms with E-state index in [-0.39, 0.29) is 0 Å². The van der Waals surface area contributed by atoms with Crippen molar-refractivity contribution in [1.29, 1.82) is 0 Å². The number of fused-ring (bicyclic) bond motifs is 3. The van der Waals surface area contributed by atoms with Gasteiger partial charge in [0, 0.05) is 17.0 Å². The van der Waals surface area contributed by atoms with Crippen LogP contribution in [-0.4, -0.2) is 31.8 Å². The molecule has 2 fully saturated rings. The van der Waals surface area contributed by atoms with E-state index in [1.807, 2.05) is 0 Å². The highest BCUT2D eigenvalue weighted by Crippen LogP contribution is 2.58. The minimum absolute atomic E-state index is 0.362. The third-order valence-electron chi connectivity index (χ3n) is 6.26. The Balaban J connectivity index is 0.000000246. The molecule has 1 aromatic rings. The summed E-state index contributed by atoms with van der Waals surface area (Å²) in [5.41, 5.74) is 3.39. The average Bonchev–Trinajstić information content (AvgIpc) is 3.09. The Morgan fingerprint density at radius 1 is 1.19 bits per heavy atom. The summed E-state index contributed by atoms with van der Waals surface area (Å²) >= 11 is 0. The first-order valence-corrected chi connectivity index (χ1v) is 9.13. The van der Waals surface area contributed by atoms with Gasteiger partial charge >= 0.3 is 6.18 Å². The number of carbonyl (C=O) groups is 1. The van der Waals surface area contributed by atoms with Crippen molar-refractivity contribution in [2.75, 3.05) is 13.3 Å². The van der Waals surface area contributed by atoms with Crippen molar-refractivity contribution in [2.45, 2.75) is 56.2 Å². The summed E-state index contributed by atoms with van der Waals surface area (Å²) in [5.74, 6) is 2.85. The molecule has 0 aromatic heterocycles. The zero-order valence-corrected chi connectivity index (χ0v) is 14.4. The smallest absolute Gasteiger partial charge is 0.446 e. The number of benzene rings is 1. The van der Waals surface area contributed by atoms with Gasteiger partial charge in [-0.3, -0.25) is 4.79 Å². The predicted molar refractivity (Wildman–Crippen MR) is 88.4 cm³/mol. The number of hydrogen-bond donors (Lipinski definition) is 1. The van der Waals surface area contributed by atoms with Crippen molar-refractivity contribution in [3.05, 3.63) is 23.3 Å². The van der Waals surface area contributed by atoms with Gasteiger partial charge in [0.2, 0.25) is 13.1 Å². The van der Waals surface area contributed by atoms with E-state index in [2.05, 4.69) is 17.4 Å². The predicted octanol–water partition coefficient (Wildman–Crippen LogP) is 3.51. The summed E-state index contributed by atoms with van der Waals surface area (Å²) in [6.45, 7) is 1.55. The molecule has 0 unspecified atom stereocenters. The largest absolute Gasteiger partial charge is 0.454 e. The molecule has 4 nitrogen and oxygen atoms in total. The Hall–Kier alpha value is -1.76. The molecule has 1 aromatic carbocycles. The van der Waals surface area contributed by atoms with E-state index in [4.69, 9.17) is 14.3 Å². The minimum atomic E-state index is -4.64. The summed E-state index contributed by atoms with van der Waals surface area (Å²) in [4.78, 5) is 8.70. The van der Waals surface area contributed by atoms with Gasteiger partial charge in [0.25, 0.3) is 0 Å². The number of carbonyl (C=O) groups excluding carboxylic acids is 1. The van der Waals surface area contributed by atoms with E-state index >= 15 is 0 Å². The van der Waals surface area contributed by atoms with Crippen LogP contribution in [0.2, 0.25) is 0 Å². The maximum atomic E-state index is 10.4. The molecule has 7 heteroatoms. The van der Waals surface area contributed by atoms with Crippen molar-refractivity contribution in [3.63, 3.8) is 0 Å². The Kier molecular flexibility index (Phi) is 4.37. The lowest BCUT2D eigenvalue weighted by atomic mass is 9.52. The summed E-state index contributed by atoms with van der Waals surface area (Å²) in [6.07, 6.45) is 2.20. The van der Waals surface area contributed by atoms with Crippen molar-refractivity contribution >= 4 is 6.29 Å². The molecule has 1 saturated carbocycles. The maximum absolute atomic E-state index is 10.4. The van der Waals surface area contributed by atoms with Crippen LogP contribution in [0.15, 0.2) is 12.1 Å². The molecule has 1 saturated heterocycles. The summed E-state index contributed by atoms with van der Waals surface area (Å²) in [6, 6.07) is 5.07. The lowest BCUT2D eigenvalue weighted by molar-refractivity contribution is -0.156. The molecule has 2 aliphatic carbocycles. The second-order valence-electron chi connectivity index (χ2n) is 7.52. The summed E-state index contributed by atoms with van der Waals surface area (Å²) in [7, 11) is 0. The number of halogens is 3. The Labute approximate surface area is 150 Å². The van der Waals surface area contributed by atoms with Gasteiger partial charge in [-0.05, 0) is 49.8 Å². The van der Waals surface area contributed by atoms with Crippen LogP contribution in [0, 0.1) is 5.92 Å². The Bertz CT molecular complexity index is 702. The molecule has 0 radical (unpaired) electrons. The quantitative estimate of drug-likeness (QED) is 0.711. The molecule has 5 rings (SSSR count). The number of rotatable bonds is 0. The van der Waals surface area contributed by atoms with Gasteiger partial charge in [0.15, 0.2) is 11.5 Å². The second-order valence-corrected chi connectivity index (χ2v) is 7.52. The third-order valence-corrected chi connectivity index (χ3v) is 6.26. The lowest BCUT2D eigenvalue weighted by Gasteiger charge is -2.55. The third kappa shape index (κ3) is 2.86. The van der Waals surface area contributed by atoms with E-state index in [1.165, 1.54) is 49.7 Å². The molecule has 2 heterocycles. The first-order chi connectivity index (χ1) is 12.4. The normalized spacial score (nSPS) is 31.2. The van der Waals surface area contributed by atoms with Crippen molar-refractivity contribution in [3.8, 4) is 11.5 Å². The average molecular weight is 369 g/mol. The molecule has 2 aliphatic heterocycles. The van der Waals surface area contributed by atoms with Crippen molar-refractivity contribution in [2.24, 2.45) is 5.92 Å². The zero-order valence-electron chi connectivity index (χ0n) is 14.4. The van der Waals surface area contributed by atoms with Gasteiger partial charge in [-0.25, -0.2) is 0 Å². The molecule has 26 heavy (non-hydrogen) atoms. The SMILES string of the molecule is O=CC(F)(F)F.c1cc2c(c3c1C[C@@H]1NCC[C@]34CCCC[C@H]14)OCO2. The molecule has 3 atom stereocenters. The number of aldehydes is 1. The van der Waals surface area contributed by atoms with Crippen LogP contribution in [0.5, 0.6) is 11.5 Å². The van der Waals surface area contributed by atoms with Crippen LogP contribution in [0.3, 0.4) is 0 Å². The molecule has 1 N–H and O–H groups in total. The van der Waals surface area contributed by atoms with Crippen molar-refractivity contribution < 1.29 is 27.4 Å². The lowest BCUT2D eigenvalue weighted by Crippen LogP contribution is -2.59. The zero-order chi connectivity index (χ0) is 18.4. The first kappa shape index (κ1) is 17.6. The van der Waals surface area contributed by atoms with Crippen LogP contribution in [0.25, 0.3) is 0 Å². The van der Waals surface area contributed by atoms with Crippen LogP contribution in [0.1, 0.15) is 43.2 Å². The standard InChI is InChI=1S/C17H21NO2.C2HF3O/c1-2-6-17-7-8-18-13(12(17)3-1)9-11-4-5-14-16(15(11)17)20-10-19-14;3-2(4,5)1-6/h4-5,12-13,18H,1-3,6-10H2;1H/t12-,13+,17+;/m1./s1. The van der Waals surface area contributed by atoms with Gasteiger partial charge in [-0.15, -0.1) is 0 Å². The topological polar surface area (TPSA) is 47.6 Å². The summed E-state index contributed by atoms with van der Waals surface area (Å²) in [5, 5.41) is 3.78. The van der Waals surface area contributed by atoms with Gasteiger partial charge in [-0.1, -0.05) is 18.9 Å². The van der Waals surface area contributed by atoms with Crippen LogP contribution >= 0.6 is 0 Å². The van der Waals surface area contributed by atoms with E-state index in [9.17, 15) is 13.2 Å². The monoisotopic (exact) mass is 369 g/mol. The minimum Gasteiger partial charge on any atom is -0.454 e. The Morgan fingerprint density at radius 3 is 2.77 bits per heavy atom. The molecule has 0 spiro atoms. The van der Waals surface area contributed by atoms with E-state index in [0.717, 1.165) is 24.0 Å². The number of piperidine rings is 1. The van der Waals surface area contributed by atoms with Gasteiger partial charge < -0.3 is 14.8 Å². The Morgan fingerprint density at radius 2 is 2.00 bits per heavy atom. The maximum Gasteiger partial charge on any atom is 0.446 e. The molecule has 0 amide bonds. The van der Waals surface area contributed by atoms with Gasteiger partial charge in [0.05, 0.1) is 0 Å². The van der Waals surface area contributed by atoms with Crippen molar-refractivity contribution in [1.82, 2.24) is 5.32 Å². The number of nitrogens with one attached hydrogen (secondary N) is 1. The van der Waals surface area contributed by atoms with E-state index in [1.54, 1.807) is 0 Å². The fourth-order valence-electron chi connectivity index (χ4n) is 5.40. The molecule has 4 aliphatic rings. The van der Waals surface area contributed by atoms with E-state index in [0.29, 0.717) is 18.2 Å². The highest BCUT2D eigenvalue weighted by molar-refractivity contribution is 5.58. The second kappa shape index (κ2) is 6.44. The van der Waals surface area contributed by atoms with E-state index < -0.39 is 12.5 Å². The number of alkyl halides is 3.